The van der Waals surface area contributed by atoms with Gasteiger partial charge in [0.15, 0.2) is 0 Å². The van der Waals surface area contributed by atoms with Crippen molar-refractivity contribution in [2.75, 3.05) is 18.4 Å². The summed E-state index contributed by atoms with van der Waals surface area (Å²) in [5.41, 5.74) is 3.20. The van der Waals surface area contributed by atoms with Crippen molar-refractivity contribution in [2.24, 2.45) is 0 Å². The third-order valence-electron chi connectivity index (χ3n) is 3.91. The zero-order valence-corrected chi connectivity index (χ0v) is 13.0. The molecule has 1 aromatic carbocycles. The predicted molar refractivity (Wildman–Crippen MR) is 81.6 cm³/mol. The number of rotatable bonds is 6. The van der Waals surface area contributed by atoms with E-state index in [1.165, 1.54) is 17.5 Å². The van der Waals surface area contributed by atoms with Crippen LogP contribution in [0.5, 0.6) is 0 Å². The summed E-state index contributed by atoms with van der Waals surface area (Å²) >= 11 is 0. The maximum atomic E-state index is 12.3. The van der Waals surface area contributed by atoms with Crippen molar-refractivity contribution < 1.29 is 13.2 Å². The van der Waals surface area contributed by atoms with Gasteiger partial charge in [-0.1, -0.05) is 12.1 Å². The molecule has 4 nitrogen and oxygen atoms in total. The summed E-state index contributed by atoms with van der Waals surface area (Å²) in [5, 5.41) is -0.457. The van der Waals surface area contributed by atoms with Gasteiger partial charge in [0, 0.05) is 13.7 Å². The minimum absolute atomic E-state index is 0.453. The Labute approximate surface area is 121 Å². The van der Waals surface area contributed by atoms with Crippen LogP contribution >= 0.6 is 0 Å². The molecule has 0 amide bonds. The molecule has 0 spiro atoms. The molecule has 112 valence electrons. The molecule has 1 aromatic rings. The zero-order chi connectivity index (χ0) is 14.6. The monoisotopic (exact) mass is 297 g/mol. The summed E-state index contributed by atoms with van der Waals surface area (Å²) < 4.78 is 32.4. The Hall–Kier alpha value is -1.07. The van der Waals surface area contributed by atoms with E-state index in [0.29, 0.717) is 13.0 Å². The fraction of sp³-hybridized carbons (Fsp3) is 0.600. The van der Waals surface area contributed by atoms with Gasteiger partial charge in [-0.3, -0.25) is 4.72 Å². The van der Waals surface area contributed by atoms with E-state index >= 15 is 0 Å². The van der Waals surface area contributed by atoms with Gasteiger partial charge in [-0.25, -0.2) is 8.42 Å². The van der Waals surface area contributed by atoms with Crippen molar-refractivity contribution in [1.29, 1.82) is 0 Å². The first-order valence-electron chi connectivity index (χ1n) is 7.16. The smallest absolute Gasteiger partial charge is 0.235 e. The number of ether oxygens (including phenoxy) is 1. The van der Waals surface area contributed by atoms with Crippen LogP contribution in [-0.2, 0) is 27.6 Å². The number of anilines is 1. The number of benzene rings is 1. The van der Waals surface area contributed by atoms with Crippen LogP contribution in [0, 0.1) is 0 Å². The van der Waals surface area contributed by atoms with Crippen LogP contribution in [0.1, 0.15) is 37.3 Å². The Kier molecular flexibility index (Phi) is 5.05. The summed E-state index contributed by atoms with van der Waals surface area (Å²) in [5.74, 6) is 0. The molecule has 0 bridgehead atoms. The molecule has 20 heavy (non-hydrogen) atoms. The van der Waals surface area contributed by atoms with Crippen LogP contribution in [0.15, 0.2) is 18.2 Å². The lowest BCUT2D eigenvalue weighted by Gasteiger charge is -2.21. The van der Waals surface area contributed by atoms with E-state index in [1.807, 2.05) is 12.1 Å². The van der Waals surface area contributed by atoms with Crippen molar-refractivity contribution in [3.05, 3.63) is 29.3 Å². The maximum absolute atomic E-state index is 12.3. The average molecular weight is 297 g/mol. The average Bonchev–Trinajstić information content (AvgIpc) is 2.44. The largest absolute Gasteiger partial charge is 0.385 e. The first-order chi connectivity index (χ1) is 9.54. The Bertz CT molecular complexity index is 554. The molecule has 5 heteroatoms. The first kappa shape index (κ1) is 15.3. The molecule has 0 heterocycles. The molecule has 1 aliphatic carbocycles. The molecular weight excluding hydrogens is 274 g/mol. The minimum Gasteiger partial charge on any atom is -0.385 e. The molecule has 0 radical (unpaired) electrons. The number of aryl methyl sites for hydroxylation is 1. The van der Waals surface area contributed by atoms with E-state index in [0.717, 1.165) is 24.9 Å². The van der Waals surface area contributed by atoms with E-state index in [1.54, 1.807) is 14.0 Å². The van der Waals surface area contributed by atoms with E-state index in [9.17, 15) is 8.42 Å². The fourth-order valence-corrected chi connectivity index (χ4v) is 3.68. The Morgan fingerprint density at radius 1 is 1.30 bits per heavy atom. The second-order valence-electron chi connectivity index (χ2n) is 5.39. The molecule has 0 saturated heterocycles. The van der Waals surface area contributed by atoms with Crippen LogP contribution in [0.4, 0.5) is 5.69 Å². The lowest BCUT2D eigenvalue weighted by Crippen LogP contribution is -2.27. The summed E-state index contributed by atoms with van der Waals surface area (Å²) in [6, 6.07) is 5.90. The van der Waals surface area contributed by atoms with E-state index < -0.39 is 15.3 Å². The van der Waals surface area contributed by atoms with Gasteiger partial charge in [-0.05, 0) is 56.2 Å². The van der Waals surface area contributed by atoms with Crippen molar-refractivity contribution in [3.8, 4) is 0 Å². The highest BCUT2D eigenvalue weighted by molar-refractivity contribution is 7.93. The molecule has 0 aromatic heterocycles. The first-order valence-corrected chi connectivity index (χ1v) is 8.70. The number of hydrogen-bond acceptors (Lipinski definition) is 3. The molecule has 0 aliphatic heterocycles. The Balaban J connectivity index is 2.17. The number of methoxy groups -OCH3 is 1. The van der Waals surface area contributed by atoms with Gasteiger partial charge in [0.2, 0.25) is 10.0 Å². The van der Waals surface area contributed by atoms with Crippen LogP contribution in [0.25, 0.3) is 0 Å². The van der Waals surface area contributed by atoms with Gasteiger partial charge in [0.1, 0.15) is 0 Å². The van der Waals surface area contributed by atoms with Crippen molar-refractivity contribution in [2.45, 2.75) is 44.3 Å². The molecule has 1 aliphatic rings. The Morgan fingerprint density at radius 2 is 2.05 bits per heavy atom. The quantitative estimate of drug-likeness (QED) is 0.878. The van der Waals surface area contributed by atoms with Gasteiger partial charge < -0.3 is 4.74 Å². The zero-order valence-electron chi connectivity index (χ0n) is 12.2. The number of hydrogen-bond donors (Lipinski definition) is 1. The third kappa shape index (κ3) is 3.52. The molecule has 1 N–H and O–H groups in total. The second-order valence-corrected chi connectivity index (χ2v) is 7.49. The summed E-state index contributed by atoms with van der Waals surface area (Å²) in [4.78, 5) is 0. The Morgan fingerprint density at radius 3 is 2.80 bits per heavy atom. The van der Waals surface area contributed by atoms with Crippen LogP contribution in [0.3, 0.4) is 0 Å². The van der Waals surface area contributed by atoms with Crippen LogP contribution in [0.2, 0.25) is 0 Å². The molecule has 2 rings (SSSR count). The van der Waals surface area contributed by atoms with Gasteiger partial charge in [0.25, 0.3) is 0 Å². The van der Waals surface area contributed by atoms with Crippen molar-refractivity contribution in [1.82, 2.24) is 0 Å². The second kappa shape index (κ2) is 6.59. The van der Waals surface area contributed by atoms with Gasteiger partial charge in [-0.2, -0.15) is 0 Å². The standard InChI is InChI=1S/C15H23NO3S/c1-12(10-11-19-2)20(17,18)16-15-9-5-7-13-6-3-4-8-14(13)15/h5,7,9,12,16H,3-4,6,8,10-11H2,1-2H3/t12-/m1/s1. The van der Waals surface area contributed by atoms with E-state index in [4.69, 9.17) is 4.74 Å². The predicted octanol–water partition coefficient (Wildman–Crippen LogP) is 2.73. The van der Waals surface area contributed by atoms with E-state index in [-0.39, 0.29) is 0 Å². The lowest BCUT2D eigenvalue weighted by molar-refractivity contribution is 0.194. The highest BCUT2D eigenvalue weighted by Gasteiger charge is 2.22. The number of fused-ring (bicyclic) bond motifs is 1. The van der Waals surface area contributed by atoms with Crippen LogP contribution < -0.4 is 4.72 Å². The fourth-order valence-electron chi connectivity index (χ4n) is 2.57. The third-order valence-corrected chi connectivity index (χ3v) is 5.71. The highest BCUT2D eigenvalue weighted by atomic mass is 32.2. The molecule has 0 fully saturated rings. The summed E-state index contributed by atoms with van der Waals surface area (Å²) in [6.07, 6.45) is 4.82. The molecular formula is C15H23NO3S. The minimum atomic E-state index is -3.35. The lowest BCUT2D eigenvalue weighted by atomic mass is 9.91. The normalized spacial score (nSPS) is 16.5. The SMILES string of the molecule is COCC[C@@H](C)S(=O)(=O)Nc1cccc2c1CCCC2. The summed E-state index contributed by atoms with van der Waals surface area (Å²) in [7, 11) is -1.77. The van der Waals surface area contributed by atoms with Gasteiger partial charge in [-0.15, -0.1) is 0 Å². The van der Waals surface area contributed by atoms with Crippen molar-refractivity contribution in [3.63, 3.8) is 0 Å². The highest BCUT2D eigenvalue weighted by Crippen LogP contribution is 2.29. The molecule has 0 unspecified atom stereocenters. The van der Waals surface area contributed by atoms with Gasteiger partial charge >= 0.3 is 0 Å². The summed E-state index contributed by atoms with van der Waals surface area (Å²) in [6.45, 7) is 2.17. The van der Waals surface area contributed by atoms with Gasteiger partial charge in [0.05, 0.1) is 10.9 Å². The van der Waals surface area contributed by atoms with Crippen molar-refractivity contribution >= 4 is 15.7 Å². The van der Waals surface area contributed by atoms with E-state index in [2.05, 4.69) is 10.8 Å². The molecule has 0 saturated carbocycles. The number of sulfonamides is 1. The number of nitrogens with one attached hydrogen (secondary N) is 1. The maximum Gasteiger partial charge on any atom is 0.235 e. The molecule has 1 atom stereocenters. The topological polar surface area (TPSA) is 55.4 Å². The van der Waals surface area contributed by atoms with Crippen LogP contribution in [-0.4, -0.2) is 27.4 Å².